The van der Waals surface area contributed by atoms with Crippen LogP contribution in [0.5, 0.6) is 0 Å². The number of amides is 3. The smallest absolute Gasteiger partial charge is 0.319 e. The van der Waals surface area contributed by atoms with Crippen molar-refractivity contribution in [2.45, 2.75) is 19.0 Å². The van der Waals surface area contributed by atoms with Crippen molar-refractivity contribution in [1.82, 2.24) is 10.2 Å². The molecule has 3 amide bonds. The molecule has 2 aromatic carbocycles. The highest BCUT2D eigenvalue weighted by Crippen LogP contribution is 2.16. The maximum atomic E-state index is 12.4. The van der Waals surface area contributed by atoms with E-state index in [0.717, 1.165) is 10.0 Å². The number of carbonyl (C=O) groups is 2. The zero-order valence-electron chi connectivity index (χ0n) is 13.0. The number of benzene rings is 2. The van der Waals surface area contributed by atoms with Gasteiger partial charge in [-0.25, -0.2) is 4.79 Å². The Bertz CT molecular complexity index is 719. The van der Waals surface area contributed by atoms with Crippen LogP contribution in [-0.2, 0) is 11.3 Å². The van der Waals surface area contributed by atoms with Gasteiger partial charge in [0.25, 0.3) is 0 Å². The van der Waals surface area contributed by atoms with Crippen LogP contribution in [0.25, 0.3) is 0 Å². The van der Waals surface area contributed by atoms with Crippen LogP contribution in [0.4, 0.5) is 10.5 Å². The van der Waals surface area contributed by atoms with E-state index in [4.69, 9.17) is 0 Å². The quantitative estimate of drug-likeness (QED) is 0.844. The summed E-state index contributed by atoms with van der Waals surface area (Å²) in [4.78, 5) is 26.3. The van der Waals surface area contributed by atoms with Crippen LogP contribution in [0.1, 0.15) is 12.0 Å². The Morgan fingerprint density at radius 2 is 1.83 bits per heavy atom. The van der Waals surface area contributed by atoms with E-state index in [1.165, 1.54) is 0 Å². The molecule has 6 heteroatoms. The number of nitrogens with one attached hydrogen (secondary N) is 2. The molecule has 1 fully saturated rings. The molecule has 0 aromatic heterocycles. The van der Waals surface area contributed by atoms with Crippen molar-refractivity contribution in [3.05, 3.63) is 64.6 Å². The summed E-state index contributed by atoms with van der Waals surface area (Å²) < 4.78 is 0.941. The van der Waals surface area contributed by atoms with E-state index in [2.05, 4.69) is 26.6 Å². The lowest BCUT2D eigenvalue weighted by molar-refractivity contribution is -0.129. The Balaban J connectivity index is 1.53. The molecule has 3 rings (SSSR count). The number of halogens is 1. The lowest BCUT2D eigenvalue weighted by Gasteiger charge is -2.17. The second-order valence-electron chi connectivity index (χ2n) is 5.69. The third-order valence-corrected chi connectivity index (χ3v) is 4.45. The molecule has 1 saturated heterocycles. The molecule has 2 aromatic rings. The number of anilines is 1. The van der Waals surface area contributed by atoms with E-state index < -0.39 is 6.04 Å². The monoisotopic (exact) mass is 387 g/mol. The van der Waals surface area contributed by atoms with Gasteiger partial charge in [-0.05, 0) is 36.2 Å². The van der Waals surface area contributed by atoms with Gasteiger partial charge in [-0.15, -0.1) is 0 Å². The summed E-state index contributed by atoms with van der Waals surface area (Å²) in [6.07, 6.45) is 0.624. The van der Waals surface area contributed by atoms with E-state index in [0.29, 0.717) is 25.2 Å². The van der Waals surface area contributed by atoms with Gasteiger partial charge in [0.15, 0.2) is 0 Å². The van der Waals surface area contributed by atoms with Crippen molar-refractivity contribution < 1.29 is 9.59 Å². The number of hydrogen-bond donors (Lipinski definition) is 2. The van der Waals surface area contributed by atoms with E-state index in [9.17, 15) is 9.59 Å². The van der Waals surface area contributed by atoms with Crippen molar-refractivity contribution in [2.75, 3.05) is 11.9 Å². The van der Waals surface area contributed by atoms with E-state index in [-0.39, 0.29) is 11.9 Å². The normalized spacial score (nSPS) is 17.0. The zero-order valence-corrected chi connectivity index (χ0v) is 14.6. The zero-order chi connectivity index (χ0) is 16.9. The Morgan fingerprint density at radius 3 is 2.54 bits per heavy atom. The molecule has 0 bridgehead atoms. The predicted octanol–water partition coefficient (Wildman–Crippen LogP) is 3.37. The number of carbonyl (C=O) groups excluding carboxylic acids is 2. The van der Waals surface area contributed by atoms with Crippen molar-refractivity contribution in [3.8, 4) is 0 Å². The van der Waals surface area contributed by atoms with Gasteiger partial charge in [-0.1, -0.05) is 46.3 Å². The molecule has 1 aliphatic heterocycles. The van der Waals surface area contributed by atoms with Crippen molar-refractivity contribution in [2.24, 2.45) is 0 Å². The Morgan fingerprint density at radius 1 is 1.12 bits per heavy atom. The highest BCUT2D eigenvalue weighted by molar-refractivity contribution is 9.10. The molecule has 2 N–H and O–H groups in total. The third kappa shape index (κ3) is 4.14. The fourth-order valence-corrected chi connectivity index (χ4v) is 2.96. The van der Waals surface area contributed by atoms with Crippen molar-refractivity contribution in [1.29, 1.82) is 0 Å². The first kappa shape index (κ1) is 16.5. The fraction of sp³-hybridized carbons (Fsp3) is 0.222. The summed E-state index contributed by atoms with van der Waals surface area (Å²) in [6, 6.07) is 16.3. The van der Waals surface area contributed by atoms with Gasteiger partial charge in [-0.3, -0.25) is 4.79 Å². The Hall–Kier alpha value is -2.34. The lowest BCUT2D eigenvalue weighted by atomic mass is 10.2. The average molecular weight is 388 g/mol. The molecular weight excluding hydrogens is 370 g/mol. The number of likely N-dealkylation sites (tertiary alicyclic amines) is 1. The van der Waals surface area contributed by atoms with Gasteiger partial charge in [-0.2, -0.15) is 0 Å². The molecule has 24 heavy (non-hydrogen) atoms. The number of hydrogen-bond acceptors (Lipinski definition) is 2. The maximum Gasteiger partial charge on any atom is 0.319 e. The summed E-state index contributed by atoms with van der Waals surface area (Å²) in [5.74, 6) is -0.0372. The van der Waals surface area contributed by atoms with Gasteiger partial charge < -0.3 is 15.5 Å². The first-order valence-electron chi connectivity index (χ1n) is 7.77. The first-order valence-corrected chi connectivity index (χ1v) is 8.57. The van der Waals surface area contributed by atoms with Crippen LogP contribution >= 0.6 is 15.9 Å². The molecule has 124 valence electrons. The van der Waals surface area contributed by atoms with E-state index in [1.54, 1.807) is 17.0 Å². The molecule has 0 saturated carbocycles. The molecule has 5 nitrogen and oxygen atoms in total. The third-order valence-electron chi connectivity index (χ3n) is 3.92. The molecule has 0 aliphatic carbocycles. The summed E-state index contributed by atoms with van der Waals surface area (Å²) in [5, 5.41) is 5.49. The molecule has 1 aliphatic rings. The molecular formula is C18H18BrN3O2. The van der Waals surface area contributed by atoms with Crippen molar-refractivity contribution >= 4 is 33.6 Å². The molecule has 1 atom stereocenters. The minimum atomic E-state index is -0.468. The second kappa shape index (κ2) is 7.49. The fourth-order valence-electron chi connectivity index (χ4n) is 2.69. The minimum Gasteiger partial charge on any atom is -0.336 e. The summed E-state index contributed by atoms with van der Waals surface area (Å²) in [6.45, 7) is 1.23. The second-order valence-corrected chi connectivity index (χ2v) is 6.61. The van der Waals surface area contributed by atoms with Crippen molar-refractivity contribution in [3.63, 3.8) is 0 Å². The average Bonchev–Trinajstić information content (AvgIpc) is 2.91. The lowest BCUT2D eigenvalue weighted by Crippen LogP contribution is -2.43. The Labute approximate surface area is 149 Å². The predicted molar refractivity (Wildman–Crippen MR) is 96.6 cm³/mol. The molecule has 1 unspecified atom stereocenters. The number of nitrogens with zero attached hydrogens (tertiary/aromatic N) is 1. The van der Waals surface area contributed by atoms with Crippen LogP contribution < -0.4 is 10.6 Å². The van der Waals surface area contributed by atoms with Gasteiger partial charge in [0, 0.05) is 23.2 Å². The largest absolute Gasteiger partial charge is 0.336 e. The standard InChI is InChI=1S/C18H18BrN3O2/c19-14-6-8-15(9-7-14)20-18(24)21-16-10-11-22(17(16)23)12-13-4-2-1-3-5-13/h1-9,16H,10-12H2,(H2,20,21,24). The SMILES string of the molecule is O=C(Nc1ccc(Br)cc1)NC1CCN(Cc2ccccc2)C1=O. The van der Waals surface area contributed by atoms with Gasteiger partial charge >= 0.3 is 6.03 Å². The van der Waals surface area contributed by atoms with E-state index >= 15 is 0 Å². The van der Waals surface area contributed by atoms with E-state index in [1.807, 2.05) is 42.5 Å². The highest BCUT2D eigenvalue weighted by atomic mass is 79.9. The minimum absolute atomic E-state index is 0.0372. The van der Waals surface area contributed by atoms with Gasteiger partial charge in [0.05, 0.1) is 0 Å². The van der Waals surface area contributed by atoms with Crippen LogP contribution in [0.3, 0.4) is 0 Å². The maximum absolute atomic E-state index is 12.4. The van der Waals surface area contributed by atoms with Crippen LogP contribution in [0, 0.1) is 0 Å². The summed E-state index contributed by atoms with van der Waals surface area (Å²) in [5.41, 5.74) is 1.77. The van der Waals surface area contributed by atoms with Gasteiger partial charge in [0.1, 0.15) is 6.04 Å². The molecule has 1 heterocycles. The number of rotatable bonds is 4. The molecule has 0 spiro atoms. The summed E-state index contributed by atoms with van der Waals surface area (Å²) in [7, 11) is 0. The number of urea groups is 1. The topological polar surface area (TPSA) is 61.4 Å². The van der Waals surface area contributed by atoms with Crippen LogP contribution in [-0.4, -0.2) is 29.4 Å². The highest BCUT2D eigenvalue weighted by Gasteiger charge is 2.32. The first-order chi connectivity index (χ1) is 11.6. The molecule has 0 radical (unpaired) electrons. The van der Waals surface area contributed by atoms with Gasteiger partial charge in [0.2, 0.25) is 5.91 Å². The Kier molecular flexibility index (Phi) is 5.15. The summed E-state index contributed by atoms with van der Waals surface area (Å²) >= 11 is 3.35. The van der Waals surface area contributed by atoms with Crippen LogP contribution in [0.15, 0.2) is 59.1 Å². The van der Waals surface area contributed by atoms with Crippen LogP contribution in [0.2, 0.25) is 0 Å².